The lowest BCUT2D eigenvalue weighted by Crippen LogP contribution is -2.39. The number of piperidine rings is 1. The molecule has 2 aliphatic rings. The third-order valence-corrected chi connectivity index (χ3v) is 4.19. The molecular weight excluding hydrogens is 262 g/mol. The van der Waals surface area contributed by atoms with Gasteiger partial charge in [0.05, 0.1) is 5.92 Å². The summed E-state index contributed by atoms with van der Waals surface area (Å²) in [5.41, 5.74) is 3.82. The molecule has 1 unspecified atom stereocenters. The summed E-state index contributed by atoms with van der Waals surface area (Å²) < 4.78 is 0. The van der Waals surface area contributed by atoms with Gasteiger partial charge in [-0.2, -0.15) is 0 Å². The van der Waals surface area contributed by atoms with Gasteiger partial charge in [0.15, 0.2) is 0 Å². The van der Waals surface area contributed by atoms with Gasteiger partial charge < -0.3 is 0 Å². The third-order valence-electron chi connectivity index (χ3n) is 4.19. The van der Waals surface area contributed by atoms with E-state index in [9.17, 15) is 9.59 Å². The minimum atomic E-state index is -0.140. The lowest BCUT2D eigenvalue weighted by molar-refractivity contribution is -0.134. The molecule has 1 aliphatic heterocycles. The summed E-state index contributed by atoms with van der Waals surface area (Å²) in [6.45, 7) is 6.15. The van der Waals surface area contributed by atoms with Crippen molar-refractivity contribution in [3.05, 3.63) is 34.9 Å². The second kappa shape index (κ2) is 6.88. The second-order valence-corrected chi connectivity index (χ2v) is 5.59. The van der Waals surface area contributed by atoms with Gasteiger partial charge in [0.1, 0.15) is 0 Å². The molecule has 3 nitrogen and oxygen atoms in total. The van der Waals surface area contributed by atoms with Crippen LogP contribution in [0.5, 0.6) is 0 Å². The number of carbonyl (C=O) groups excluding carboxylic acids is 2. The maximum absolute atomic E-state index is 12.0. The van der Waals surface area contributed by atoms with Crippen LogP contribution in [0.4, 0.5) is 0 Å². The highest BCUT2D eigenvalue weighted by Gasteiger charge is 2.33. The molecule has 3 heteroatoms. The predicted octanol–water partition coefficient (Wildman–Crippen LogP) is 3.67. The molecule has 1 saturated carbocycles. The molecule has 1 atom stereocenters. The number of aryl methyl sites for hydroxylation is 1. The Balaban J connectivity index is 0.000000774. The van der Waals surface area contributed by atoms with Crippen molar-refractivity contribution in [2.75, 3.05) is 0 Å². The van der Waals surface area contributed by atoms with Crippen molar-refractivity contribution < 1.29 is 9.59 Å². The van der Waals surface area contributed by atoms with E-state index in [1.807, 2.05) is 13.8 Å². The zero-order valence-corrected chi connectivity index (χ0v) is 13.2. The van der Waals surface area contributed by atoms with Crippen LogP contribution < -0.4 is 5.32 Å². The van der Waals surface area contributed by atoms with Gasteiger partial charge in [-0.3, -0.25) is 14.9 Å². The van der Waals surface area contributed by atoms with Gasteiger partial charge in [0, 0.05) is 6.42 Å². The van der Waals surface area contributed by atoms with Crippen LogP contribution in [0.2, 0.25) is 0 Å². The van der Waals surface area contributed by atoms with E-state index in [2.05, 4.69) is 30.4 Å². The molecule has 21 heavy (non-hydrogen) atoms. The first kappa shape index (κ1) is 15.7. The minimum absolute atomic E-state index is 0.123. The van der Waals surface area contributed by atoms with Gasteiger partial charge in [-0.15, -0.1) is 0 Å². The third kappa shape index (κ3) is 3.52. The minimum Gasteiger partial charge on any atom is -0.296 e. The predicted molar refractivity (Wildman–Crippen MR) is 84.3 cm³/mol. The highest BCUT2D eigenvalue weighted by molar-refractivity contribution is 6.01. The summed E-state index contributed by atoms with van der Waals surface area (Å²) in [7, 11) is 0. The lowest BCUT2D eigenvalue weighted by atomic mass is 9.85. The Morgan fingerprint density at radius 3 is 2.38 bits per heavy atom. The number of nitrogens with one attached hydrogen (secondary N) is 1. The molecule has 1 N–H and O–H groups in total. The van der Waals surface area contributed by atoms with Crippen LogP contribution in [-0.2, 0) is 16.0 Å². The largest absolute Gasteiger partial charge is 0.296 e. The van der Waals surface area contributed by atoms with Crippen molar-refractivity contribution in [3.63, 3.8) is 0 Å². The Morgan fingerprint density at radius 1 is 1.10 bits per heavy atom. The number of amides is 2. The summed E-state index contributed by atoms with van der Waals surface area (Å²) in [6, 6.07) is 6.48. The Bertz CT molecular complexity index is 532. The maximum atomic E-state index is 12.0. The van der Waals surface area contributed by atoms with Crippen LogP contribution in [0.15, 0.2) is 18.2 Å². The zero-order chi connectivity index (χ0) is 15.4. The molecule has 1 heterocycles. The van der Waals surface area contributed by atoms with E-state index >= 15 is 0 Å². The van der Waals surface area contributed by atoms with Crippen molar-refractivity contribution >= 4 is 11.8 Å². The molecule has 0 radical (unpaired) electrons. The first-order valence-corrected chi connectivity index (χ1v) is 8.15. The fourth-order valence-corrected chi connectivity index (χ4v) is 2.90. The van der Waals surface area contributed by atoms with Gasteiger partial charge in [-0.1, -0.05) is 39.0 Å². The number of imide groups is 1. The monoisotopic (exact) mass is 287 g/mol. The van der Waals surface area contributed by atoms with E-state index in [0.29, 0.717) is 18.8 Å². The van der Waals surface area contributed by atoms with Crippen LogP contribution >= 0.6 is 0 Å². The van der Waals surface area contributed by atoms with Gasteiger partial charge in [-0.05, 0) is 48.3 Å². The number of rotatable bonds is 3. The van der Waals surface area contributed by atoms with Crippen LogP contribution in [0.25, 0.3) is 0 Å². The van der Waals surface area contributed by atoms with Gasteiger partial charge in [-0.25, -0.2) is 0 Å². The molecule has 1 saturated heterocycles. The Kier molecular flexibility index (Phi) is 5.16. The standard InChI is InChI=1S/C16H19NO2.C2H6/c1-2-10-3-6-12(14(9-10)11-4-5-11)13-7-8-15(18)17-16(13)19;1-2/h3,6,9,11,13H,2,4-5,7-8H2,1H3,(H,17,18,19);1-2H3. The SMILES string of the molecule is CC.CCc1ccc(C2CCC(=O)NC2=O)c(C2CC2)c1. The van der Waals surface area contributed by atoms with Crippen molar-refractivity contribution in [1.82, 2.24) is 5.32 Å². The molecule has 3 rings (SSSR count). The lowest BCUT2D eigenvalue weighted by Gasteiger charge is -2.24. The summed E-state index contributed by atoms with van der Waals surface area (Å²) in [5.74, 6) is 0.230. The number of hydrogen-bond donors (Lipinski definition) is 1. The van der Waals surface area contributed by atoms with E-state index in [1.165, 1.54) is 24.0 Å². The zero-order valence-electron chi connectivity index (χ0n) is 13.2. The normalized spacial score (nSPS) is 21.4. The van der Waals surface area contributed by atoms with E-state index in [4.69, 9.17) is 0 Å². The number of hydrogen-bond acceptors (Lipinski definition) is 2. The summed E-state index contributed by atoms with van der Waals surface area (Å²) in [5, 5.41) is 2.47. The quantitative estimate of drug-likeness (QED) is 0.862. The first-order valence-electron chi connectivity index (χ1n) is 8.15. The summed E-state index contributed by atoms with van der Waals surface area (Å²) in [4.78, 5) is 23.3. The molecule has 1 aliphatic carbocycles. The van der Waals surface area contributed by atoms with Crippen LogP contribution in [0.1, 0.15) is 75.0 Å². The molecule has 0 aromatic heterocycles. The van der Waals surface area contributed by atoms with Gasteiger partial charge in [0.25, 0.3) is 0 Å². The number of carbonyl (C=O) groups is 2. The van der Waals surface area contributed by atoms with E-state index in [1.54, 1.807) is 0 Å². The molecule has 114 valence electrons. The summed E-state index contributed by atoms with van der Waals surface area (Å²) >= 11 is 0. The molecule has 1 aromatic carbocycles. The second-order valence-electron chi connectivity index (χ2n) is 5.59. The topological polar surface area (TPSA) is 46.2 Å². The van der Waals surface area contributed by atoms with Crippen LogP contribution in [0, 0.1) is 0 Å². The van der Waals surface area contributed by atoms with Crippen LogP contribution in [-0.4, -0.2) is 11.8 Å². The number of benzene rings is 1. The van der Waals surface area contributed by atoms with E-state index in [-0.39, 0.29) is 17.7 Å². The molecular formula is C18H25NO2. The Morgan fingerprint density at radius 2 is 1.81 bits per heavy atom. The van der Waals surface area contributed by atoms with E-state index in [0.717, 1.165) is 12.0 Å². The smallest absolute Gasteiger partial charge is 0.234 e. The average Bonchev–Trinajstić information content (AvgIpc) is 3.34. The fraction of sp³-hybridized carbons (Fsp3) is 0.556. The molecule has 0 bridgehead atoms. The molecule has 2 fully saturated rings. The molecule has 0 spiro atoms. The summed E-state index contributed by atoms with van der Waals surface area (Å²) in [6.07, 6.45) is 4.59. The highest BCUT2D eigenvalue weighted by atomic mass is 16.2. The molecule has 1 aromatic rings. The van der Waals surface area contributed by atoms with Crippen molar-refractivity contribution in [2.24, 2.45) is 0 Å². The first-order chi connectivity index (χ1) is 10.2. The van der Waals surface area contributed by atoms with Crippen LogP contribution in [0.3, 0.4) is 0 Å². The van der Waals surface area contributed by atoms with Crippen molar-refractivity contribution in [1.29, 1.82) is 0 Å². The van der Waals surface area contributed by atoms with E-state index < -0.39 is 0 Å². The fourth-order valence-electron chi connectivity index (χ4n) is 2.90. The Labute approximate surface area is 127 Å². The van der Waals surface area contributed by atoms with Crippen molar-refractivity contribution in [3.8, 4) is 0 Å². The van der Waals surface area contributed by atoms with Gasteiger partial charge >= 0.3 is 0 Å². The molecule has 2 amide bonds. The van der Waals surface area contributed by atoms with Crippen molar-refractivity contribution in [2.45, 2.75) is 64.7 Å². The Hall–Kier alpha value is -1.64. The maximum Gasteiger partial charge on any atom is 0.234 e. The average molecular weight is 287 g/mol. The highest BCUT2D eigenvalue weighted by Crippen LogP contribution is 2.44. The van der Waals surface area contributed by atoms with Gasteiger partial charge in [0.2, 0.25) is 11.8 Å².